The molecule has 0 unspecified atom stereocenters. The molecule has 2 atom stereocenters. The Morgan fingerprint density at radius 3 is 2.96 bits per heavy atom. The van der Waals surface area contributed by atoms with E-state index in [1.165, 1.54) is 0 Å². The number of hydrogen-bond donors (Lipinski definition) is 1. The van der Waals surface area contributed by atoms with Gasteiger partial charge in [0, 0.05) is 44.7 Å². The number of carbonyl (C=O) groups is 1. The topological polar surface area (TPSA) is 59.4 Å². The van der Waals surface area contributed by atoms with Gasteiger partial charge in [0.1, 0.15) is 11.9 Å². The lowest BCUT2D eigenvalue weighted by molar-refractivity contribution is -0.137. The van der Waals surface area contributed by atoms with E-state index < -0.39 is 0 Å². The fourth-order valence-electron chi connectivity index (χ4n) is 3.48. The Hall–Kier alpha value is -1.40. The number of aromatic nitrogens is 2. The molecule has 0 aliphatic carbocycles. The van der Waals surface area contributed by atoms with Crippen LogP contribution < -0.4 is 5.32 Å². The first-order valence-electron chi connectivity index (χ1n) is 8.77. The van der Waals surface area contributed by atoms with E-state index in [9.17, 15) is 4.79 Å². The van der Waals surface area contributed by atoms with Crippen molar-refractivity contribution < 1.29 is 9.53 Å². The van der Waals surface area contributed by atoms with Crippen molar-refractivity contribution in [2.45, 2.75) is 58.3 Å². The predicted octanol–water partition coefficient (Wildman–Crippen LogP) is 1.58. The smallest absolute Gasteiger partial charge is 0.226 e. The van der Waals surface area contributed by atoms with Crippen molar-refractivity contribution in [1.82, 2.24) is 19.8 Å². The van der Waals surface area contributed by atoms with Crippen LogP contribution in [-0.4, -0.2) is 52.1 Å². The fourth-order valence-corrected chi connectivity index (χ4v) is 3.48. The number of imidazole rings is 1. The molecule has 0 saturated carbocycles. The molecule has 23 heavy (non-hydrogen) atoms. The summed E-state index contributed by atoms with van der Waals surface area (Å²) in [4.78, 5) is 19.5. The molecule has 0 spiro atoms. The molecule has 0 radical (unpaired) electrons. The zero-order valence-electron chi connectivity index (χ0n) is 14.4. The maximum atomic E-state index is 12.7. The van der Waals surface area contributed by atoms with Gasteiger partial charge in [-0.2, -0.15) is 0 Å². The predicted molar refractivity (Wildman–Crippen MR) is 88.0 cm³/mol. The summed E-state index contributed by atoms with van der Waals surface area (Å²) in [7, 11) is 0. The van der Waals surface area contributed by atoms with Gasteiger partial charge in [-0.05, 0) is 33.6 Å². The van der Waals surface area contributed by atoms with Gasteiger partial charge in [-0.1, -0.05) is 0 Å². The molecule has 6 heteroatoms. The van der Waals surface area contributed by atoms with Crippen LogP contribution >= 0.6 is 0 Å². The summed E-state index contributed by atoms with van der Waals surface area (Å²) >= 11 is 0. The van der Waals surface area contributed by atoms with E-state index in [0.717, 1.165) is 38.3 Å². The highest BCUT2D eigenvalue weighted by molar-refractivity contribution is 5.80. The second-order valence-electron chi connectivity index (χ2n) is 6.86. The number of carbonyl (C=O) groups excluding carboxylic acids is 1. The lowest BCUT2D eigenvalue weighted by Gasteiger charge is -2.43. The SMILES string of the molecule is CCn1ccnc1[C@@H]1OCCC[C@H]1C(=O)NC1CN(C(C)C)C1. The van der Waals surface area contributed by atoms with Crippen LogP contribution in [-0.2, 0) is 16.1 Å². The molecule has 3 rings (SSSR count). The molecular formula is C17H28N4O2. The lowest BCUT2D eigenvalue weighted by atomic mass is 9.92. The molecule has 128 valence electrons. The van der Waals surface area contributed by atoms with Crippen molar-refractivity contribution >= 4 is 5.91 Å². The summed E-state index contributed by atoms with van der Waals surface area (Å²) in [5.41, 5.74) is 0. The Balaban J connectivity index is 1.63. The van der Waals surface area contributed by atoms with Crippen LogP contribution in [0.2, 0.25) is 0 Å². The molecule has 0 aromatic carbocycles. The quantitative estimate of drug-likeness (QED) is 0.895. The highest BCUT2D eigenvalue weighted by atomic mass is 16.5. The van der Waals surface area contributed by atoms with E-state index in [2.05, 4.69) is 40.5 Å². The minimum atomic E-state index is -0.222. The number of nitrogens with zero attached hydrogens (tertiary/aromatic N) is 3. The zero-order chi connectivity index (χ0) is 16.4. The number of nitrogens with one attached hydrogen (secondary N) is 1. The third kappa shape index (κ3) is 3.43. The minimum Gasteiger partial charge on any atom is -0.369 e. The van der Waals surface area contributed by atoms with Crippen LogP contribution in [0.3, 0.4) is 0 Å². The maximum Gasteiger partial charge on any atom is 0.226 e. The number of rotatable bonds is 5. The Morgan fingerprint density at radius 2 is 2.26 bits per heavy atom. The average Bonchev–Trinajstić information content (AvgIpc) is 2.98. The van der Waals surface area contributed by atoms with E-state index >= 15 is 0 Å². The Morgan fingerprint density at radius 1 is 1.48 bits per heavy atom. The Kier molecular flexibility index (Phi) is 5.02. The van der Waals surface area contributed by atoms with Crippen LogP contribution in [0.25, 0.3) is 0 Å². The fraction of sp³-hybridized carbons (Fsp3) is 0.765. The Labute approximate surface area is 138 Å². The zero-order valence-corrected chi connectivity index (χ0v) is 14.4. The summed E-state index contributed by atoms with van der Waals surface area (Å²) in [6, 6.07) is 0.823. The molecule has 1 aromatic heterocycles. The largest absolute Gasteiger partial charge is 0.369 e. The van der Waals surface area contributed by atoms with E-state index in [-0.39, 0.29) is 24.0 Å². The molecule has 1 amide bonds. The highest BCUT2D eigenvalue weighted by Crippen LogP contribution is 2.33. The molecule has 0 bridgehead atoms. The summed E-state index contributed by atoms with van der Waals surface area (Å²) in [5, 5.41) is 3.20. The van der Waals surface area contributed by atoms with Gasteiger partial charge in [0.2, 0.25) is 5.91 Å². The van der Waals surface area contributed by atoms with Crippen molar-refractivity contribution in [3.8, 4) is 0 Å². The van der Waals surface area contributed by atoms with Gasteiger partial charge in [0.15, 0.2) is 0 Å². The van der Waals surface area contributed by atoms with Crippen molar-refractivity contribution in [3.63, 3.8) is 0 Å². The normalized spacial score (nSPS) is 26.3. The maximum absolute atomic E-state index is 12.7. The number of likely N-dealkylation sites (tertiary alicyclic amines) is 1. The van der Waals surface area contributed by atoms with Crippen molar-refractivity contribution in [2.24, 2.45) is 5.92 Å². The average molecular weight is 320 g/mol. The Bertz CT molecular complexity index is 536. The molecular weight excluding hydrogens is 292 g/mol. The van der Waals surface area contributed by atoms with Gasteiger partial charge in [-0.25, -0.2) is 4.98 Å². The van der Waals surface area contributed by atoms with E-state index in [4.69, 9.17) is 4.74 Å². The second-order valence-corrected chi connectivity index (χ2v) is 6.86. The van der Waals surface area contributed by atoms with Gasteiger partial charge in [-0.3, -0.25) is 9.69 Å². The molecule has 2 saturated heterocycles. The number of aryl methyl sites for hydroxylation is 1. The summed E-state index contributed by atoms with van der Waals surface area (Å²) in [6.07, 6.45) is 5.32. The third-order valence-electron chi connectivity index (χ3n) is 4.99. The van der Waals surface area contributed by atoms with Gasteiger partial charge in [-0.15, -0.1) is 0 Å². The lowest BCUT2D eigenvalue weighted by Crippen LogP contribution is -2.62. The van der Waals surface area contributed by atoms with E-state index in [1.807, 2.05) is 6.20 Å². The van der Waals surface area contributed by atoms with Gasteiger partial charge in [0.05, 0.1) is 12.0 Å². The molecule has 2 aliphatic heterocycles. The molecule has 1 aromatic rings. The molecule has 1 N–H and O–H groups in total. The van der Waals surface area contributed by atoms with Gasteiger partial charge < -0.3 is 14.6 Å². The van der Waals surface area contributed by atoms with Crippen LogP contribution in [0.15, 0.2) is 12.4 Å². The van der Waals surface area contributed by atoms with Crippen LogP contribution in [0, 0.1) is 5.92 Å². The summed E-state index contributed by atoms with van der Waals surface area (Å²) in [5.74, 6) is 0.864. The monoisotopic (exact) mass is 320 g/mol. The first kappa shape index (κ1) is 16.5. The highest BCUT2D eigenvalue weighted by Gasteiger charge is 2.38. The molecule has 6 nitrogen and oxygen atoms in total. The third-order valence-corrected chi connectivity index (χ3v) is 4.99. The number of amides is 1. The first-order chi connectivity index (χ1) is 11.1. The van der Waals surface area contributed by atoms with Crippen molar-refractivity contribution in [3.05, 3.63) is 18.2 Å². The summed E-state index contributed by atoms with van der Waals surface area (Å²) < 4.78 is 8.01. The molecule has 3 heterocycles. The summed E-state index contributed by atoms with van der Waals surface area (Å²) in [6.45, 7) is 9.90. The van der Waals surface area contributed by atoms with Crippen molar-refractivity contribution in [2.75, 3.05) is 19.7 Å². The van der Waals surface area contributed by atoms with Crippen LogP contribution in [0.4, 0.5) is 0 Å². The second kappa shape index (κ2) is 7.01. The van der Waals surface area contributed by atoms with Gasteiger partial charge in [0.25, 0.3) is 0 Å². The number of hydrogen-bond acceptors (Lipinski definition) is 4. The van der Waals surface area contributed by atoms with E-state index in [0.29, 0.717) is 12.6 Å². The van der Waals surface area contributed by atoms with Gasteiger partial charge >= 0.3 is 0 Å². The number of ether oxygens (including phenoxy) is 1. The minimum absolute atomic E-state index is 0.119. The van der Waals surface area contributed by atoms with Crippen LogP contribution in [0.1, 0.15) is 45.5 Å². The molecule has 2 aliphatic rings. The standard InChI is InChI=1S/C17H28N4O2/c1-4-20-8-7-18-16(20)15-14(6-5-9-23-15)17(22)19-13-10-21(11-13)12(2)3/h7-8,12-15H,4-6,9-11H2,1-3H3,(H,19,22)/t14-,15-/m1/s1. The first-order valence-corrected chi connectivity index (χ1v) is 8.77. The molecule has 2 fully saturated rings. The van der Waals surface area contributed by atoms with Crippen LogP contribution in [0.5, 0.6) is 0 Å². The van der Waals surface area contributed by atoms with E-state index in [1.54, 1.807) is 6.20 Å². The van der Waals surface area contributed by atoms with Crippen molar-refractivity contribution in [1.29, 1.82) is 0 Å².